The zero-order valence-corrected chi connectivity index (χ0v) is 7.08. The molecule has 1 amide bonds. The van der Waals surface area contributed by atoms with Crippen molar-refractivity contribution in [3.63, 3.8) is 0 Å². The maximum atomic E-state index is 10.6. The molecule has 1 aliphatic heterocycles. The Bertz CT molecular complexity index is 186. The Morgan fingerprint density at radius 3 is 2.50 bits per heavy atom. The first-order valence-electron chi connectivity index (χ1n) is 3.43. The number of amides is 1. The SMILES string of the molecule is O=C(O)[C@@H]1CSCCN1C(=O)O. The smallest absolute Gasteiger partial charge is 0.408 e. The zero-order valence-electron chi connectivity index (χ0n) is 6.27. The van der Waals surface area contributed by atoms with Gasteiger partial charge in [0.15, 0.2) is 0 Å². The van der Waals surface area contributed by atoms with E-state index < -0.39 is 18.1 Å². The van der Waals surface area contributed by atoms with Crippen LogP contribution in [0.2, 0.25) is 0 Å². The molecule has 1 atom stereocenters. The lowest BCUT2D eigenvalue weighted by Crippen LogP contribution is -2.49. The molecule has 0 saturated carbocycles. The first kappa shape index (κ1) is 9.18. The number of carboxylic acids is 1. The minimum Gasteiger partial charge on any atom is -0.480 e. The number of hydrogen-bond acceptors (Lipinski definition) is 3. The predicted molar refractivity (Wildman–Crippen MR) is 43.5 cm³/mol. The molecule has 0 aliphatic carbocycles. The number of carbonyl (C=O) groups is 2. The molecule has 1 saturated heterocycles. The van der Waals surface area contributed by atoms with Crippen LogP contribution < -0.4 is 0 Å². The van der Waals surface area contributed by atoms with Crippen molar-refractivity contribution >= 4 is 23.8 Å². The molecule has 1 rings (SSSR count). The average Bonchev–Trinajstić information content (AvgIpc) is 2.04. The Morgan fingerprint density at radius 1 is 1.42 bits per heavy atom. The highest BCUT2D eigenvalue weighted by molar-refractivity contribution is 7.99. The van der Waals surface area contributed by atoms with Crippen molar-refractivity contribution in [1.82, 2.24) is 4.90 Å². The van der Waals surface area contributed by atoms with Gasteiger partial charge >= 0.3 is 12.1 Å². The lowest BCUT2D eigenvalue weighted by molar-refractivity contribution is -0.141. The van der Waals surface area contributed by atoms with Crippen LogP contribution in [0.5, 0.6) is 0 Å². The number of carboxylic acid groups (broad SMARTS) is 2. The summed E-state index contributed by atoms with van der Waals surface area (Å²) in [5.74, 6) is -0.0397. The van der Waals surface area contributed by atoms with E-state index in [-0.39, 0.29) is 0 Å². The molecular weight excluding hydrogens is 182 g/mol. The van der Waals surface area contributed by atoms with Gasteiger partial charge in [0, 0.05) is 18.1 Å². The second kappa shape index (κ2) is 3.66. The van der Waals surface area contributed by atoms with E-state index in [1.165, 1.54) is 11.8 Å². The topological polar surface area (TPSA) is 77.8 Å². The van der Waals surface area contributed by atoms with E-state index in [4.69, 9.17) is 10.2 Å². The Balaban J connectivity index is 2.67. The van der Waals surface area contributed by atoms with Crippen LogP contribution in [0.1, 0.15) is 0 Å². The molecule has 1 aliphatic rings. The fraction of sp³-hybridized carbons (Fsp3) is 0.667. The quantitative estimate of drug-likeness (QED) is 0.617. The van der Waals surface area contributed by atoms with E-state index in [1.807, 2.05) is 0 Å². The highest BCUT2D eigenvalue weighted by Gasteiger charge is 2.31. The van der Waals surface area contributed by atoms with E-state index in [1.54, 1.807) is 0 Å². The third-order valence-corrected chi connectivity index (χ3v) is 2.68. The number of nitrogens with zero attached hydrogens (tertiary/aromatic N) is 1. The number of thioether (sulfide) groups is 1. The molecule has 6 heteroatoms. The van der Waals surface area contributed by atoms with Crippen molar-refractivity contribution in [2.24, 2.45) is 0 Å². The maximum Gasteiger partial charge on any atom is 0.408 e. The molecule has 0 aromatic rings. The highest BCUT2D eigenvalue weighted by Crippen LogP contribution is 2.16. The summed E-state index contributed by atoms with van der Waals surface area (Å²) in [7, 11) is 0. The van der Waals surface area contributed by atoms with Gasteiger partial charge in [0.05, 0.1) is 0 Å². The molecule has 5 nitrogen and oxygen atoms in total. The zero-order chi connectivity index (χ0) is 9.14. The molecule has 0 radical (unpaired) electrons. The third kappa shape index (κ3) is 1.82. The number of aliphatic carboxylic acids is 1. The average molecular weight is 191 g/mol. The van der Waals surface area contributed by atoms with Crippen molar-refractivity contribution in [2.45, 2.75) is 6.04 Å². The van der Waals surface area contributed by atoms with Crippen LogP contribution in [0.3, 0.4) is 0 Å². The number of hydrogen-bond donors (Lipinski definition) is 2. The van der Waals surface area contributed by atoms with Crippen LogP contribution in [0.4, 0.5) is 4.79 Å². The van der Waals surface area contributed by atoms with Gasteiger partial charge in [-0.1, -0.05) is 0 Å². The molecule has 12 heavy (non-hydrogen) atoms. The minimum absolute atomic E-state index is 0.303. The van der Waals surface area contributed by atoms with Gasteiger partial charge in [-0.05, 0) is 0 Å². The largest absolute Gasteiger partial charge is 0.480 e. The van der Waals surface area contributed by atoms with Gasteiger partial charge in [0.1, 0.15) is 6.04 Å². The Kier molecular flexibility index (Phi) is 2.80. The summed E-state index contributed by atoms with van der Waals surface area (Å²) in [5, 5.41) is 17.3. The van der Waals surface area contributed by atoms with Gasteiger partial charge in [0.2, 0.25) is 0 Å². The first-order valence-corrected chi connectivity index (χ1v) is 4.58. The van der Waals surface area contributed by atoms with Gasteiger partial charge in [-0.25, -0.2) is 9.59 Å². The lowest BCUT2D eigenvalue weighted by Gasteiger charge is -2.29. The van der Waals surface area contributed by atoms with Gasteiger partial charge in [0.25, 0.3) is 0 Å². The van der Waals surface area contributed by atoms with E-state index >= 15 is 0 Å². The van der Waals surface area contributed by atoms with Gasteiger partial charge in [-0.3, -0.25) is 4.90 Å². The minimum atomic E-state index is -1.15. The molecule has 1 heterocycles. The molecule has 0 spiro atoms. The monoisotopic (exact) mass is 191 g/mol. The summed E-state index contributed by atoms with van der Waals surface area (Å²) in [6, 6.07) is -0.874. The molecule has 0 unspecified atom stereocenters. The normalized spacial score (nSPS) is 23.7. The van der Waals surface area contributed by atoms with Gasteiger partial charge in [-0.2, -0.15) is 11.8 Å². The van der Waals surface area contributed by atoms with E-state index in [9.17, 15) is 9.59 Å². The van der Waals surface area contributed by atoms with Crippen LogP contribution in [-0.4, -0.2) is 51.3 Å². The maximum absolute atomic E-state index is 10.6. The summed E-state index contributed by atoms with van der Waals surface area (Å²) in [5.41, 5.74) is 0. The first-order chi connectivity index (χ1) is 5.63. The van der Waals surface area contributed by atoms with Crippen molar-refractivity contribution in [3.05, 3.63) is 0 Å². The summed E-state index contributed by atoms with van der Waals surface area (Å²) in [6.45, 7) is 0.303. The molecule has 1 fully saturated rings. The Hall–Kier alpha value is -0.910. The fourth-order valence-electron chi connectivity index (χ4n) is 1.04. The van der Waals surface area contributed by atoms with Crippen LogP contribution in [0.25, 0.3) is 0 Å². The standard InChI is InChI=1S/C6H9NO4S/c8-5(9)4-3-12-2-1-7(4)6(10)11/h4H,1-3H2,(H,8,9)(H,10,11)/t4-/m0/s1. The van der Waals surface area contributed by atoms with Crippen molar-refractivity contribution in [1.29, 1.82) is 0 Å². The third-order valence-electron chi connectivity index (χ3n) is 1.66. The molecule has 0 aromatic carbocycles. The lowest BCUT2D eigenvalue weighted by atomic mass is 10.3. The second-order valence-corrected chi connectivity index (χ2v) is 3.55. The van der Waals surface area contributed by atoms with Crippen LogP contribution in [0.15, 0.2) is 0 Å². The molecule has 0 bridgehead atoms. The van der Waals surface area contributed by atoms with Crippen LogP contribution >= 0.6 is 11.8 Å². The van der Waals surface area contributed by atoms with Gasteiger partial charge in [-0.15, -0.1) is 0 Å². The van der Waals surface area contributed by atoms with Crippen molar-refractivity contribution in [3.8, 4) is 0 Å². The predicted octanol–water partition coefficient (Wildman–Crippen LogP) is 0.166. The van der Waals surface area contributed by atoms with Crippen LogP contribution in [0, 0.1) is 0 Å². The Labute approximate surface area is 73.4 Å². The van der Waals surface area contributed by atoms with E-state index in [0.29, 0.717) is 18.1 Å². The number of rotatable bonds is 1. The van der Waals surface area contributed by atoms with Gasteiger partial charge < -0.3 is 10.2 Å². The van der Waals surface area contributed by atoms with E-state index in [0.717, 1.165) is 4.90 Å². The molecule has 68 valence electrons. The summed E-state index contributed by atoms with van der Waals surface area (Å²) < 4.78 is 0. The Morgan fingerprint density at radius 2 is 2.08 bits per heavy atom. The summed E-state index contributed by atoms with van der Waals surface area (Å²) >= 11 is 1.47. The highest BCUT2D eigenvalue weighted by atomic mass is 32.2. The van der Waals surface area contributed by atoms with Crippen molar-refractivity contribution < 1.29 is 19.8 Å². The molecular formula is C6H9NO4S. The van der Waals surface area contributed by atoms with Crippen LogP contribution in [-0.2, 0) is 4.79 Å². The summed E-state index contributed by atoms with van der Waals surface area (Å²) in [6.07, 6.45) is -1.15. The second-order valence-electron chi connectivity index (χ2n) is 2.40. The molecule has 2 N–H and O–H groups in total. The summed E-state index contributed by atoms with van der Waals surface area (Å²) in [4.78, 5) is 22.0. The fourth-order valence-corrected chi connectivity index (χ4v) is 2.08. The van der Waals surface area contributed by atoms with E-state index in [2.05, 4.69) is 0 Å². The molecule has 0 aromatic heterocycles. The van der Waals surface area contributed by atoms with Crippen molar-refractivity contribution in [2.75, 3.05) is 18.1 Å².